The molecule has 0 unspecified atom stereocenters. The van der Waals surface area contributed by atoms with E-state index >= 15 is 0 Å². The van der Waals surface area contributed by atoms with Gasteiger partial charge in [0.25, 0.3) is 5.91 Å². The molecule has 5 nitrogen and oxygen atoms in total. The number of halogens is 3. The van der Waals surface area contributed by atoms with Crippen LogP contribution in [0.15, 0.2) is 83.8 Å². The lowest BCUT2D eigenvalue weighted by molar-refractivity contribution is -0.137. The molecule has 0 spiro atoms. The van der Waals surface area contributed by atoms with Gasteiger partial charge in [-0.3, -0.25) is 9.59 Å². The van der Waals surface area contributed by atoms with Crippen LogP contribution in [0.4, 0.5) is 24.5 Å². The van der Waals surface area contributed by atoms with Crippen LogP contribution < -0.4 is 15.4 Å². The van der Waals surface area contributed by atoms with Gasteiger partial charge in [-0.05, 0) is 54.6 Å². The second kappa shape index (κ2) is 10.7. The van der Waals surface area contributed by atoms with Crippen LogP contribution in [0.3, 0.4) is 0 Å². The maximum absolute atomic E-state index is 12.8. The highest BCUT2D eigenvalue weighted by atomic mass is 32.2. The molecule has 0 saturated heterocycles. The zero-order valence-corrected chi connectivity index (χ0v) is 17.5. The summed E-state index contributed by atoms with van der Waals surface area (Å²) in [5.41, 5.74) is -0.166. The highest BCUT2D eigenvalue weighted by Crippen LogP contribution is 2.30. The van der Waals surface area contributed by atoms with Gasteiger partial charge in [0.05, 0.1) is 11.3 Å². The van der Waals surface area contributed by atoms with Gasteiger partial charge >= 0.3 is 6.18 Å². The van der Waals surface area contributed by atoms with Gasteiger partial charge in [0, 0.05) is 16.3 Å². The van der Waals surface area contributed by atoms with Crippen LogP contribution in [0.2, 0.25) is 0 Å². The Bertz CT molecular complexity index is 1060. The quantitative estimate of drug-likeness (QED) is 0.439. The largest absolute Gasteiger partial charge is 0.484 e. The molecule has 0 aliphatic rings. The highest BCUT2D eigenvalue weighted by molar-refractivity contribution is 8.00. The molecule has 0 fully saturated rings. The van der Waals surface area contributed by atoms with Crippen molar-refractivity contribution >= 4 is 35.0 Å². The number of ether oxygens (including phenoxy) is 1. The normalized spacial score (nSPS) is 11.0. The Hall–Kier alpha value is -3.46. The van der Waals surface area contributed by atoms with E-state index in [0.29, 0.717) is 11.4 Å². The second-order valence-electron chi connectivity index (χ2n) is 6.59. The zero-order valence-electron chi connectivity index (χ0n) is 16.7. The summed E-state index contributed by atoms with van der Waals surface area (Å²) >= 11 is 1.22. The summed E-state index contributed by atoms with van der Waals surface area (Å²) in [6.07, 6.45) is -4.47. The van der Waals surface area contributed by atoms with Crippen molar-refractivity contribution in [1.29, 1.82) is 0 Å². The highest BCUT2D eigenvalue weighted by Gasteiger charge is 2.30. The molecule has 9 heteroatoms. The first-order valence-electron chi connectivity index (χ1n) is 9.47. The van der Waals surface area contributed by atoms with E-state index in [4.69, 9.17) is 4.74 Å². The van der Waals surface area contributed by atoms with Gasteiger partial charge in [-0.15, -0.1) is 11.8 Å². The van der Waals surface area contributed by atoms with Crippen molar-refractivity contribution in [3.8, 4) is 5.75 Å². The summed E-state index contributed by atoms with van der Waals surface area (Å²) in [4.78, 5) is 24.8. The molecule has 2 amide bonds. The molecule has 3 rings (SSSR count). The van der Waals surface area contributed by atoms with E-state index < -0.39 is 17.6 Å². The van der Waals surface area contributed by atoms with Crippen LogP contribution in [0.25, 0.3) is 0 Å². The number of rotatable bonds is 8. The minimum atomic E-state index is -4.47. The summed E-state index contributed by atoms with van der Waals surface area (Å²) in [5, 5.41) is 5.17. The predicted molar refractivity (Wildman–Crippen MR) is 118 cm³/mol. The second-order valence-corrected chi connectivity index (χ2v) is 7.64. The lowest BCUT2D eigenvalue weighted by Gasteiger charge is -2.10. The minimum absolute atomic E-state index is 0.0207. The Kier molecular flexibility index (Phi) is 7.77. The third kappa shape index (κ3) is 7.35. The van der Waals surface area contributed by atoms with E-state index in [1.54, 1.807) is 36.4 Å². The molecule has 166 valence electrons. The van der Waals surface area contributed by atoms with Crippen molar-refractivity contribution in [1.82, 2.24) is 0 Å². The van der Waals surface area contributed by atoms with E-state index in [1.165, 1.54) is 23.9 Å². The lowest BCUT2D eigenvalue weighted by atomic mass is 10.2. The topological polar surface area (TPSA) is 67.4 Å². The number of hydrogen-bond acceptors (Lipinski definition) is 4. The number of nitrogens with one attached hydrogen (secondary N) is 2. The van der Waals surface area contributed by atoms with Crippen molar-refractivity contribution in [2.45, 2.75) is 11.1 Å². The zero-order chi connectivity index (χ0) is 23.0. The molecule has 0 radical (unpaired) electrons. The summed E-state index contributed by atoms with van der Waals surface area (Å²) in [5.74, 6) is -0.121. The number of carbonyl (C=O) groups is 2. The number of alkyl halides is 3. The fourth-order valence-electron chi connectivity index (χ4n) is 2.62. The van der Waals surface area contributed by atoms with Gasteiger partial charge < -0.3 is 15.4 Å². The van der Waals surface area contributed by atoms with Gasteiger partial charge in [0.2, 0.25) is 5.91 Å². The van der Waals surface area contributed by atoms with Crippen LogP contribution in [0.5, 0.6) is 5.75 Å². The van der Waals surface area contributed by atoms with E-state index in [9.17, 15) is 22.8 Å². The molecule has 0 atom stereocenters. The average Bonchev–Trinajstić information content (AvgIpc) is 2.77. The SMILES string of the molecule is O=C(COc1ccccc1)Nc1ccc(SCC(=O)Nc2cccc(C(F)(F)F)c2)cc1. The Labute approximate surface area is 187 Å². The molecule has 2 N–H and O–H groups in total. The van der Waals surface area contributed by atoms with Crippen LogP contribution in [-0.2, 0) is 15.8 Å². The number of benzene rings is 3. The minimum Gasteiger partial charge on any atom is -0.484 e. The van der Waals surface area contributed by atoms with Crippen molar-refractivity contribution in [2.24, 2.45) is 0 Å². The summed E-state index contributed by atoms with van der Waals surface area (Å²) < 4.78 is 43.7. The van der Waals surface area contributed by atoms with Crippen molar-refractivity contribution in [3.63, 3.8) is 0 Å². The lowest BCUT2D eigenvalue weighted by Crippen LogP contribution is -2.20. The number of carbonyl (C=O) groups excluding carboxylic acids is 2. The van der Waals surface area contributed by atoms with E-state index in [0.717, 1.165) is 17.0 Å². The monoisotopic (exact) mass is 460 g/mol. The third-order valence-corrected chi connectivity index (χ3v) is 5.11. The molecule has 0 aliphatic carbocycles. The fourth-order valence-corrected chi connectivity index (χ4v) is 3.31. The van der Waals surface area contributed by atoms with E-state index in [1.807, 2.05) is 18.2 Å². The molecule has 3 aromatic carbocycles. The number of anilines is 2. The molecular formula is C23H19F3N2O3S. The fraction of sp³-hybridized carbons (Fsp3) is 0.130. The standard InChI is InChI=1S/C23H19F3N2O3S/c24-23(25,26)16-5-4-6-18(13-16)28-22(30)15-32-20-11-9-17(10-12-20)27-21(29)14-31-19-7-2-1-3-8-19/h1-13H,14-15H2,(H,27,29)(H,28,30). The number of para-hydroxylation sites is 1. The summed E-state index contributed by atoms with van der Waals surface area (Å²) in [6, 6.07) is 20.3. The van der Waals surface area contributed by atoms with Gasteiger partial charge in [-0.1, -0.05) is 24.3 Å². The van der Waals surface area contributed by atoms with Crippen LogP contribution in [0.1, 0.15) is 5.56 Å². The van der Waals surface area contributed by atoms with Crippen LogP contribution in [0, 0.1) is 0 Å². The van der Waals surface area contributed by atoms with Gasteiger partial charge in [0.15, 0.2) is 6.61 Å². The van der Waals surface area contributed by atoms with Crippen LogP contribution in [-0.4, -0.2) is 24.2 Å². The molecule has 0 saturated carbocycles. The van der Waals surface area contributed by atoms with Crippen molar-refractivity contribution < 1.29 is 27.5 Å². The number of amides is 2. The van der Waals surface area contributed by atoms with Gasteiger partial charge in [0.1, 0.15) is 5.75 Å². The molecular weight excluding hydrogens is 441 g/mol. The maximum atomic E-state index is 12.8. The summed E-state index contributed by atoms with van der Waals surface area (Å²) in [7, 11) is 0. The van der Waals surface area contributed by atoms with E-state index in [2.05, 4.69) is 10.6 Å². The number of hydrogen-bond donors (Lipinski definition) is 2. The first-order valence-corrected chi connectivity index (χ1v) is 10.5. The number of thioether (sulfide) groups is 1. The maximum Gasteiger partial charge on any atom is 0.416 e. The van der Waals surface area contributed by atoms with Gasteiger partial charge in [-0.25, -0.2) is 0 Å². The van der Waals surface area contributed by atoms with Crippen molar-refractivity contribution in [3.05, 3.63) is 84.4 Å². The Morgan fingerprint density at radius 2 is 1.50 bits per heavy atom. The average molecular weight is 460 g/mol. The molecule has 3 aromatic rings. The van der Waals surface area contributed by atoms with E-state index in [-0.39, 0.29) is 24.0 Å². The van der Waals surface area contributed by atoms with Gasteiger partial charge in [-0.2, -0.15) is 13.2 Å². The molecule has 0 bridgehead atoms. The first-order chi connectivity index (χ1) is 15.3. The van der Waals surface area contributed by atoms with Crippen molar-refractivity contribution in [2.75, 3.05) is 23.0 Å². The Morgan fingerprint density at radius 1 is 0.812 bits per heavy atom. The third-order valence-electron chi connectivity index (χ3n) is 4.09. The molecule has 0 aromatic heterocycles. The smallest absolute Gasteiger partial charge is 0.416 e. The predicted octanol–water partition coefficient (Wildman–Crippen LogP) is 5.45. The molecule has 0 heterocycles. The first kappa shape index (κ1) is 23.2. The van der Waals surface area contributed by atoms with Crippen LogP contribution >= 0.6 is 11.8 Å². The molecule has 0 aliphatic heterocycles. The molecule has 32 heavy (non-hydrogen) atoms. The Balaban J connectivity index is 1.44. The summed E-state index contributed by atoms with van der Waals surface area (Å²) in [6.45, 7) is -0.129. The Morgan fingerprint density at radius 3 is 2.19 bits per heavy atom.